The van der Waals surface area contributed by atoms with Crippen molar-refractivity contribution in [2.45, 2.75) is 4.90 Å². The molecule has 0 bridgehead atoms. The molecule has 0 N–H and O–H groups in total. The fourth-order valence-corrected chi connectivity index (χ4v) is 3.12. The highest BCUT2D eigenvalue weighted by Crippen LogP contribution is 2.26. The van der Waals surface area contributed by atoms with Crippen LogP contribution in [0, 0.1) is 0 Å². The van der Waals surface area contributed by atoms with Crippen molar-refractivity contribution in [2.24, 2.45) is 0 Å². The van der Waals surface area contributed by atoms with Gasteiger partial charge in [-0.25, -0.2) is 0 Å². The predicted molar refractivity (Wildman–Crippen MR) is 90.4 cm³/mol. The lowest BCUT2D eigenvalue weighted by Crippen LogP contribution is -2.00. The number of hydrogen-bond donors (Lipinski definition) is 0. The van der Waals surface area contributed by atoms with Gasteiger partial charge < -0.3 is 4.42 Å². The van der Waals surface area contributed by atoms with Crippen LogP contribution in [0.4, 0.5) is 0 Å². The zero-order chi connectivity index (χ0) is 14.8. The van der Waals surface area contributed by atoms with Gasteiger partial charge in [-0.05, 0) is 48.5 Å². The highest BCUT2D eigenvalue weighted by atomic mass is 79.9. The van der Waals surface area contributed by atoms with Gasteiger partial charge in [-0.1, -0.05) is 27.5 Å². The lowest BCUT2D eigenvalue weighted by atomic mass is 10.2. The molecule has 0 spiro atoms. The molecule has 0 fully saturated rings. The summed E-state index contributed by atoms with van der Waals surface area (Å²) in [5, 5.41) is 1.48. The molecule has 2 nitrogen and oxygen atoms in total. The summed E-state index contributed by atoms with van der Waals surface area (Å²) in [6, 6.07) is 14.9. The summed E-state index contributed by atoms with van der Waals surface area (Å²) in [7, 11) is 0. The minimum Gasteiger partial charge on any atom is -0.453 e. The maximum absolute atomic E-state index is 12.2. The van der Waals surface area contributed by atoms with Crippen LogP contribution >= 0.6 is 39.3 Å². The van der Waals surface area contributed by atoms with Crippen LogP contribution in [0.15, 0.2) is 62.3 Å². The molecule has 0 saturated carbocycles. The second kappa shape index (κ2) is 6.26. The third kappa shape index (κ3) is 3.51. The summed E-state index contributed by atoms with van der Waals surface area (Å²) in [5.41, 5.74) is 0.677. The standard InChI is InChI=1S/C16H10BrClO2S/c17-11-1-4-13(5-2-11)21-9-14(19)16-8-10-7-12(18)3-6-15(10)20-16/h1-8H,9H2. The van der Waals surface area contributed by atoms with Crippen molar-refractivity contribution in [3.8, 4) is 0 Å². The first-order valence-electron chi connectivity index (χ1n) is 6.22. The highest BCUT2D eigenvalue weighted by Gasteiger charge is 2.13. The molecule has 21 heavy (non-hydrogen) atoms. The largest absolute Gasteiger partial charge is 0.453 e. The van der Waals surface area contributed by atoms with Crippen LogP contribution in [0.2, 0.25) is 5.02 Å². The average molecular weight is 382 g/mol. The van der Waals surface area contributed by atoms with Gasteiger partial charge in [0.15, 0.2) is 5.76 Å². The van der Waals surface area contributed by atoms with Crippen LogP contribution in [0.3, 0.4) is 0 Å². The molecule has 0 radical (unpaired) electrons. The zero-order valence-electron chi connectivity index (χ0n) is 10.8. The molecule has 0 amide bonds. The molecule has 0 aliphatic carbocycles. The van der Waals surface area contributed by atoms with E-state index in [9.17, 15) is 4.79 Å². The molecule has 0 aliphatic heterocycles. The van der Waals surface area contributed by atoms with Crippen molar-refractivity contribution < 1.29 is 9.21 Å². The minimum atomic E-state index is -0.0322. The third-order valence-corrected chi connectivity index (χ3v) is 4.71. The first-order valence-corrected chi connectivity index (χ1v) is 8.38. The number of ketones is 1. The number of furan rings is 1. The summed E-state index contributed by atoms with van der Waals surface area (Å²) in [5.74, 6) is 0.682. The molecule has 0 atom stereocenters. The van der Waals surface area contributed by atoms with Crippen molar-refractivity contribution in [2.75, 3.05) is 5.75 Å². The maximum atomic E-state index is 12.2. The topological polar surface area (TPSA) is 30.2 Å². The Morgan fingerprint density at radius 2 is 1.90 bits per heavy atom. The molecule has 0 saturated heterocycles. The van der Waals surface area contributed by atoms with Crippen LogP contribution in [0.1, 0.15) is 10.6 Å². The molecular weight excluding hydrogens is 372 g/mol. The Bertz CT molecular complexity index is 796. The Balaban J connectivity index is 1.73. The molecule has 106 valence electrons. The van der Waals surface area contributed by atoms with Crippen LogP contribution < -0.4 is 0 Å². The van der Waals surface area contributed by atoms with Crippen LogP contribution in [0.25, 0.3) is 11.0 Å². The van der Waals surface area contributed by atoms with E-state index >= 15 is 0 Å². The van der Waals surface area contributed by atoms with Crippen LogP contribution in [0.5, 0.6) is 0 Å². The van der Waals surface area contributed by atoms with Gasteiger partial charge in [0.25, 0.3) is 0 Å². The second-order valence-electron chi connectivity index (χ2n) is 4.46. The lowest BCUT2D eigenvalue weighted by molar-refractivity contribution is 0.0994. The number of Topliss-reactive ketones (excluding diaryl/α,β-unsaturated/α-hetero) is 1. The monoisotopic (exact) mass is 380 g/mol. The van der Waals surface area contributed by atoms with E-state index in [0.717, 1.165) is 14.8 Å². The molecule has 2 aromatic carbocycles. The van der Waals surface area contributed by atoms with Gasteiger partial charge in [0, 0.05) is 19.8 Å². The summed E-state index contributed by atoms with van der Waals surface area (Å²) < 4.78 is 6.58. The lowest BCUT2D eigenvalue weighted by Gasteiger charge is -1.99. The number of halogens is 2. The highest BCUT2D eigenvalue weighted by molar-refractivity contribution is 9.10. The molecule has 5 heteroatoms. The van der Waals surface area contributed by atoms with Gasteiger partial charge >= 0.3 is 0 Å². The van der Waals surface area contributed by atoms with E-state index in [1.807, 2.05) is 24.3 Å². The fourth-order valence-electron chi connectivity index (χ4n) is 1.90. The van der Waals surface area contributed by atoms with Crippen LogP contribution in [-0.2, 0) is 0 Å². The van der Waals surface area contributed by atoms with Gasteiger partial charge in [-0.15, -0.1) is 11.8 Å². The van der Waals surface area contributed by atoms with Gasteiger partial charge in [0.1, 0.15) is 5.58 Å². The van der Waals surface area contributed by atoms with Gasteiger partial charge in [-0.2, -0.15) is 0 Å². The molecule has 0 aliphatic rings. The second-order valence-corrected chi connectivity index (χ2v) is 6.86. The maximum Gasteiger partial charge on any atom is 0.208 e. The van der Waals surface area contributed by atoms with Crippen molar-refractivity contribution >= 4 is 56.0 Å². The van der Waals surface area contributed by atoms with E-state index < -0.39 is 0 Å². The van der Waals surface area contributed by atoms with E-state index in [-0.39, 0.29) is 5.78 Å². The van der Waals surface area contributed by atoms with Crippen LogP contribution in [-0.4, -0.2) is 11.5 Å². The van der Waals surface area contributed by atoms with Crippen molar-refractivity contribution in [3.05, 3.63) is 63.8 Å². The number of carbonyl (C=O) groups is 1. The molecule has 1 heterocycles. The smallest absolute Gasteiger partial charge is 0.208 e. The number of hydrogen-bond acceptors (Lipinski definition) is 3. The van der Waals surface area contributed by atoms with Gasteiger partial charge in [-0.3, -0.25) is 4.79 Å². The Labute approximate surface area is 139 Å². The zero-order valence-corrected chi connectivity index (χ0v) is 14.0. The number of benzene rings is 2. The SMILES string of the molecule is O=C(CSc1ccc(Br)cc1)c1cc2cc(Cl)ccc2o1. The predicted octanol–water partition coefficient (Wildman–Crippen LogP) is 5.82. The number of fused-ring (bicyclic) bond motifs is 1. The van der Waals surface area contributed by atoms with Crippen molar-refractivity contribution in [1.82, 2.24) is 0 Å². The van der Waals surface area contributed by atoms with E-state index in [4.69, 9.17) is 16.0 Å². The third-order valence-electron chi connectivity index (χ3n) is 2.94. The first kappa shape index (κ1) is 14.7. The minimum absolute atomic E-state index is 0.0322. The summed E-state index contributed by atoms with van der Waals surface area (Å²) in [6.45, 7) is 0. The molecule has 0 unspecified atom stereocenters. The number of rotatable bonds is 4. The Morgan fingerprint density at radius 3 is 2.67 bits per heavy atom. The quantitative estimate of drug-likeness (QED) is 0.421. The molecule has 1 aromatic heterocycles. The molecule has 3 rings (SSSR count). The average Bonchev–Trinajstić information content (AvgIpc) is 2.89. The molecule has 3 aromatic rings. The van der Waals surface area contributed by atoms with E-state index in [0.29, 0.717) is 22.1 Å². The normalized spacial score (nSPS) is 11.0. The summed E-state index contributed by atoms with van der Waals surface area (Å²) in [4.78, 5) is 13.2. The fraction of sp³-hybridized carbons (Fsp3) is 0.0625. The van der Waals surface area contributed by atoms with E-state index in [2.05, 4.69) is 15.9 Å². The Kier molecular flexibility index (Phi) is 4.38. The van der Waals surface area contributed by atoms with Gasteiger partial charge in [0.05, 0.1) is 5.75 Å². The van der Waals surface area contributed by atoms with E-state index in [1.54, 1.807) is 24.3 Å². The summed E-state index contributed by atoms with van der Waals surface area (Å²) >= 11 is 10.8. The first-order chi connectivity index (χ1) is 10.1. The summed E-state index contributed by atoms with van der Waals surface area (Å²) in [6.07, 6.45) is 0. The van der Waals surface area contributed by atoms with Crippen molar-refractivity contribution in [3.63, 3.8) is 0 Å². The van der Waals surface area contributed by atoms with Gasteiger partial charge in [0.2, 0.25) is 5.78 Å². The van der Waals surface area contributed by atoms with E-state index in [1.165, 1.54) is 11.8 Å². The van der Waals surface area contributed by atoms with Crippen molar-refractivity contribution in [1.29, 1.82) is 0 Å². The Hall–Kier alpha value is -1.23. The molecular formula is C16H10BrClO2S. The Morgan fingerprint density at radius 1 is 1.14 bits per heavy atom. The number of thioether (sulfide) groups is 1. The number of carbonyl (C=O) groups excluding carboxylic acids is 1.